The number of aryl methyl sites for hydroxylation is 1. The van der Waals surface area contributed by atoms with Gasteiger partial charge in [-0.1, -0.05) is 13.3 Å². The molecule has 3 rings (SSSR count). The van der Waals surface area contributed by atoms with E-state index in [1.807, 2.05) is 18.5 Å². The van der Waals surface area contributed by atoms with Crippen molar-refractivity contribution in [2.24, 2.45) is 12.8 Å². The number of fused-ring (bicyclic) bond motifs is 1. The van der Waals surface area contributed by atoms with Gasteiger partial charge < -0.3 is 10.3 Å². The van der Waals surface area contributed by atoms with Crippen molar-refractivity contribution in [2.75, 3.05) is 0 Å². The standard InChI is InChI=1S/C13H18N4/c1-13(6-3-4-11(13)14)12-16-9-8-15-7-5-10(9)17(12)2/h5,7-8,11H,3-4,6,14H2,1-2H3. The molecular weight excluding hydrogens is 212 g/mol. The van der Waals surface area contributed by atoms with E-state index in [0.29, 0.717) is 0 Å². The van der Waals surface area contributed by atoms with Gasteiger partial charge in [-0.2, -0.15) is 0 Å². The van der Waals surface area contributed by atoms with Gasteiger partial charge in [0.2, 0.25) is 0 Å². The van der Waals surface area contributed by atoms with Gasteiger partial charge in [-0.3, -0.25) is 4.98 Å². The van der Waals surface area contributed by atoms with E-state index in [9.17, 15) is 0 Å². The maximum absolute atomic E-state index is 6.27. The number of hydrogen-bond acceptors (Lipinski definition) is 3. The molecule has 2 aromatic heterocycles. The lowest BCUT2D eigenvalue weighted by atomic mass is 9.84. The zero-order valence-corrected chi connectivity index (χ0v) is 10.3. The second-order valence-electron chi connectivity index (χ2n) is 5.28. The Morgan fingerprint density at radius 3 is 3.00 bits per heavy atom. The molecule has 0 radical (unpaired) electrons. The molecule has 2 aromatic rings. The van der Waals surface area contributed by atoms with Crippen molar-refractivity contribution in [3.05, 3.63) is 24.3 Å². The lowest BCUT2D eigenvalue weighted by Crippen LogP contribution is -2.40. The second-order valence-corrected chi connectivity index (χ2v) is 5.28. The number of imidazole rings is 1. The molecule has 2 heterocycles. The van der Waals surface area contributed by atoms with Crippen LogP contribution in [0.4, 0.5) is 0 Å². The number of pyridine rings is 1. The van der Waals surface area contributed by atoms with Gasteiger partial charge in [0.1, 0.15) is 11.3 Å². The SMILES string of the molecule is Cn1c(C2(C)CCCC2N)nc2cnccc21. The molecule has 17 heavy (non-hydrogen) atoms. The van der Waals surface area contributed by atoms with Crippen molar-refractivity contribution < 1.29 is 0 Å². The van der Waals surface area contributed by atoms with Crippen LogP contribution in [0, 0.1) is 0 Å². The molecule has 2 N–H and O–H groups in total. The highest BCUT2D eigenvalue weighted by Gasteiger charge is 2.41. The van der Waals surface area contributed by atoms with Crippen molar-refractivity contribution >= 4 is 11.0 Å². The fourth-order valence-corrected chi connectivity index (χ4v) is 3.03. The van der Waals surface area contributed by atoms with Crippen molar-refractivity contribution in [2.45, 2.75) is 37.6 Å². The van der Waals surface area contributed by atoms with E-state index in [1.54, 1.807) is 0 Å². The van der Waals surface area contributed by atoms with Gasteiger partial charge >= 0.3 is 0 Å². The Hall–Kier alpha value is -1.42. The Labute approximate surface area is 101 Å². The third kappa shape index (κ3) is 1.40. The van der Waals surface area contributed by atoms with E-state index in [-0.39, 0.29) is 11.5 Å². The fourth-order valence-electron chi connectivity index (χ4n) is 3.03. The molecule has 90 valence electrons. The molecule has 4 nitrogen and oxygen atoms in total. The molecule has 0 spiro atoms. The highest BCUT2D eigenvalue weighted by atomic mass is 15.1. The molecule has 0 aromatic carbocycles. The summed E-state index contributed by atoms with van der Waals surface area (Å²) in [6.07, 6.45) is 7.04. The van der Waals surface area contributed by atoms with E-state index in [2.05, 4.69) is 23.5 Å². The summed E-state index contributed by atoms with van der Waals surface area (Å²) in [5, 5.41) is 0. The summed E-state index contributed by atoms with van der Waals surface area (Å²) >= 11 is 0. The second kappa shape index (κ2) is 3.53. The van der Waals surface area contributed by atoms with Crippen LogP contribution in [0.3, 0.4) is 0 Å². The van der Waals surface area contributed by atoms with E-state index in [1.165, 1.54) is 6.42 Å². The molecule has 0 amide bonds. The van der Waals surface area contributed by atoms with Crippen LogP contribution in [-0.2, 0) is 12.5 Å². The largest absolute Gasteiger partial charge is 0.331 e. The lowest BCUT2D eigenvalue weighted by Gasteiger charge is -2.28. The first kappa shape index (κ1) is 10.7. The summed E-state index contributed by atoms with van der Waals surface area (Å²) in [6, 6.07) is 2.22. The Morgan fingerprint density at radius 2 is 2.35 bits per heavy atom. The van der Waals surface area contributed by atoms with Crippen LogP contribution in [0.5, 0.6) is 0 Å². The minimum absolute atomic E-state index is 0.00771. The first-order chi connectivity index (χ1) is 8.13. The Kier molecular flexibility index (Phi) is 2.23. The Bertz CT molecular complexity index is 560. The fraction of sp³-hybridized carbons (Fsp3) is 0.538. The zero-order chi connectivity index (χ0) is 12.0. The monoisotopic (exact) mass is 230 g/mol. The first-order valence-electron chi connectivity index (χ1n) is 6.15. The van der Waals surface area contributed by atoms with Gasteiger partial charge in [0.25, 0.3) is 0 Å². The number of nitrogens with two attached hydrogens (primary N) is 1. The highest BCUT2D eigenvalue weighted by Crippen LogP contribution is 2.39. The van der Waals surface area contributed by atoms with Crippen molar-refractivity contribution in [3.8, 4) is 0 Å². The Morgan fingerprint density at radius 1 is 1.53 bits per heavy atom. The quantitative estimate of drug-likeness (QED) is 0.811. The summed E-state index contributed by atoms with van der Waals surface area (Å²) < 4.78 is 2.17. The summed E-state index contributed by atoms with van der Waals surface area (Å²) in [5.41, 5.74) is 8.37. The van der Waals surface area contributed by atoms with Crippen LogP contribution in [0.1, 0.15) is 32.0 Å². The molecule has 2 atom stereocenters. The maximum Gasteiger partial charge on any atom is 0.117 e. The smallest absolute Gasteiger partial charge is 0.117 e. The van der Waals surface area contributed by atoms with Gasteiger partial charge in [0.05, 0.1) is 11.7 Å². The molecule has 4 heteroatoms. The minimum Gasteiger partial charge on any atom is -0.331 e. The lowest BCUT2D eigenvalue weighted by molar-refractivity contribution is 0.395. The van der Waals surface area contributed by atoms with Crippen molar-refractivity contribution in [1.29, 1.82) is 0 Å². The van der Waals surface area contributed by atoms with Crippen LogP contribution < -0.4 is 5.73 Å². The zero-order valence-electron chi connectivity index (χ0n) is 10.3. The molecule has 0 aliphatic heterocycles. The number of rotatable bonds is 1. The molecule has 1 aliphatic rings. The average Bonchev–Trinajstić information content (AvgIpc) is 2.83. The van der Waals surface area contributed by atoms with Crippen LogP contribution in [-0.4, -0.2) is 20.6 Å². The highest BCUT2D eigenvalue weighted by molar-refractivity contribution is 5.74. The molecule has 0 saturated heterocycles. The topological polar surface area (TPSA) is 56.7 Å². The molecule has 1 saturated carbocycles. The normalized spacial score (nSPS) is 29.0. The minimum atomic E-state index is 0.00771. The van der Waals surface area contributed by atoms with Crippen LogP contribution in [0.2, 0.25) is 0 Å². The van der Waals surface area contributed by atoms with E-state index in [4.69, 9.17) is 10.7 Å². The predicted octanol–water partition coefficient (Wildman–Crippen LogP) is 1.74. The predicted molar refractivity (Wildman–Crippen MR) is 67.7 cm³/mol. The van der Waals surface area contributed by atoms with Crippen LogP contribution in [0.15, 0.2) is 18.5 Å². The van der Waals surface area contributed by atoms with E-state index in [0.717, 1.165) is 29.7 Å². The molecule has 0 bridgehead atoms. The van der Waals surface area contributed by atoms with E-state index >= 15 is 0 Å². The third-order valence-corrected chi connectivity index (χ3v) is 4.22. The van der Waals surface area contributed by atoms with Gasteiger partial charge in [0.15, 0.2) is 0 Å². The van der Waals surface area contributed by atoms with Gasteiger partial charge in [-0.15, -0.1) is 0 Å². The van der Waals surface area contributed by atoms with Gasteiger partial charge in [-0.05, 0) is 18.9 Å². The molecule has 1 aliphatic carbocycles. The third-order valence-electron chi connectivity index (χ3n) is 4.22. The number of nitrogens with zero attached hydrogens (tertiary/aromatic N) is 3. The first-order valence-corrected chi connectivity index (χ1v) is 6.15. The summed E-state index contributed by atoms with van der Waals surface area (Å²) in [6.45, 7) is 2.24. The van der Waals surface area contributed by atoms with Crippen LogP contribution in [0.25, 0.3) is 11.0 Å². The van der Waals surface area contributed by atoms with Crippen LogP contribution >= 0.6 is 0 Å². The Balaban J connectivity index is 2.21. The summed E-state index contributed by atoms with van der Waals surface area (Å²) in [4.78, 5) is 8.87. The molecule has 1 fully saturated rings. The number of hydrogen-bond donors (Lipinski definition) is 1. The van der Waals surface area contributed by atoms with Crippen molar-refractivity contribution in [1.82, 2.24) is 14.5 Å². The molecule has 2 unspecified atom stereocenters. The summed E-state index contributed by atoms with van der Waals surface area (Å²) in [5.74, 6) is 1.10. The molecular formula is C13H18N4. The number of aromatic nitrogens is 3. The average molecular weight is 230 g/mol. The van der Waals surface area contributed by atoms with Crippen molar-refractivity contribution in [3.63, 3.8) is 0 Å². The van der Waals surface area contributed by atoms with E-state index < -0.39 is 0 Å². The van der Waals surface area contributed by atoms with Gasteiger partial charge in [-0.25, -0.2) is 4.98 Å². The van der Waals surface area contributed by atoms with Gasteiger partial charge in [0, 0.05) is 24.7 Å². The summed E-state index contributed by atoms with van der Waals surface area (Å²) in [7, 11) is 2.07. The maximum atomic E-state index is 6.27.